The van der Waals surface area contributed by atoms with Crippen LogP contribution in [0.4, 0.5) is 16.3 Å². The molecule has 1 aliphatic carbocycles. The van der Waals surface area contributed by atoms with E-state index in [-0.39, 0.29) is 23.6 Å². The number of nitrogens with one attached hydrogen (secondary N) is 2. The van der Waals surface area contributed by atoms with E-state index in [9.17, 15) is 14.9 Å². The number of amides is 1. The van der Waals surface area contributed by atoms with Crippen molar-refractivity contribution in [3.8, 4) is 0 Å². The second kappa shape index (κ2) is 6.17. The molecule has 1 fully saturated rings. The first-order valence-electron chi connectivity index (χ1n) is 7.10. The van der Waals surface area contributed by atoms with Crippen molar-refractivity contribution >= 4 is 17.6 Å². The Morgan fingerprint density at radius 1 is 1.41 bits per heavy atom. The van der Waals surface area contributed by atoms with E-state index < -0.39 is 16.6 Å². The van der Waals surface area contributed by atoms with Crippen molar-refractivity contribution in [2.24, 2.45) is 0 Å². The van der Waals surface area contributed by atoms with Crippen LogP contribution >= 0.6 is 0 Å². The summed E-state index contributed by atoms with van der Waals surface area (Å²) in [4.78, 5) is 26.0. The van der Waals surface area contributed by atoms with Crippen LogP contribution in [0.3, 0.4) is 0 Å². The molecule has 0 saturated heterocycles. The van der Waals surface area contributed by atoms with Crippen LogP contribution in [-0.2, 0) is 4.74 Å². The highest BCUT2D eigenvalue weighted by atomic mass is 16.6. The van der Waals surface area contributed by atoms with Gasteiger partial charge < -0.3 is 15.4 Å². The lowest BCUT2D eigenvalue weighted by molar-refractivity contribution is -0.384. The van der Waals surface area contributed by atoms with Crippen LogP contribution in [0.15, 0.2) is 18.3 Å². The first-order chi connectivity index (χ1) is 10.2. The minimum atomic E-state index is -0.528. The fraction of sp³-hybridized carbons (Fsp3) is 0.571. The molecule has 22 heavy (non-hydrogen) atoms. The smallest absolute Gasteiger partial charge is 0.407 e. The van der Waals surface area contributed by atoms with Crippen molar-refractivity contribution in [2.45, 2.75) is 51.3 Å². The number of alkyl carbamates (subject to hydrolysis) is 1. The summed E-state index contributed by atoms with van der Waals surface area (Å²) in [6.07, 6.45) is 2.41. The molecule has 0 radical (unpaired) electrons. The van der Waals surface area contributed by atoms with Crippen molar-refractivity contribution in [1.82, 2.24) is 10.3 Å². The predicted molar refractivity (Wildman–Crippen MR) is 80.7 cm³/mol. The summed E-state index contributed by atoms with van der Waals surface area (Å²) in [7, 11) is 0. The largest absolute Gasteiger partial charge is 0.444 e. The van der Waals surface area contributed by atoms with Crippen molar-refractivity contribution in [3.05, 3.63) is 28.4 Å². The molecular weight excluding hydrogens is 288 g/mol. The highest BCUT2D eigenvalue weighted by Crippen LogP contribution is 2.28. The molecule has 2 rings (SSSR count). The highest BCUT2D eigenvalue weighted by molar-refractivity contribution is 5.68. The van der Waals surface area contributed by atoms with Gasteiger partial charge in [-0.2, -0.15) is 0 Å². The number of anilines is 1. The second-order valence-corrected chi connectivity index (χ2v) is 6.28. The van der Waals surface area contributed by atoms with Gasteiger partial charge in [0.05, 0.1) is 4.92 Å². The third kappa shape index (κ3) is 4.31. The lowest BCUT2D eigenvalue weighted by atomic mass is 9.87. The van der Waals surface area contributed by atoms with Gasteiger partial charge >= 0.3 is 11.8 Å². The molecule has 1 aliphatic rings. The van der Waals surface area contributed by atoms with E-state index in [0.29, 0.717) is 12.8 Å². The van der Waals surface area contributed by atoms with Gasteiger partial charge in [-0.05, 0) is 39.7 Å². The van der Waals surface area contributed by atoms with Gasteiger partial charge in [0.2, 0.25) is 5.82 Å². The molecule has 0 spiro atoms. The minimum absolute atomic E-state index is 0.00937. The monoisotopic (exact) mass is 308 g/mol. The van der Waals surface area contributed by atoms with Gasteiger partial charge in [0.15, 0.2) is 0 Å². The molecular formula is C14H20N4O4. The third-order valence-corrected chi connectivity index (χ3v) is 3.18. The molecule has 0 aliphatic heterocycles. The van der Waals surface area contributed by atoms with Gasteiger partial charge in [-0.3, -0.25) is 10.1 Å². The van der Waals surface area contributed by atoms with E-state index in [0.717, 1.165) is 0 Å². The maximum atomic E-state index is 11.6. The summed E-state index contributed by atoms with van der Waals surface area (Å²) in [6, 6.07) is 2.99. The fourth-order valence-electron chi connectivity index (χ4n) is 2.18. The van der Waals surface area contributed by atoms with Crippen LogP contribution in [0.25, 0.3) is 0 Å². The number of hydrogen-bond donors (Lipinski definition) is 2. The average Bonchev–Trinajstić information content (AvgIpc) is 2.34. The predicted octanol–water partition coefficient (Wildman–Crippen LogP) is 2.46. The van der Waals surface area contributed by atoms with E-state index in [1.54, 1.807) is 20.8 Å². The molecule has 1 aromatic heterocycles. The van der Waals surface area contributed by atoms with Crippen molar-refractivity contribution < 1.29 is 14.5 Å². The van der Waals surface area contributed by atoms with E-state index in [1.807, 2.05) is 0 Å². The summed E-state index contributed by atoms with van der Waals surface area (Å²) >= 11 is 0. The molecule has 0 bridgehead atoms. The lowest BCUT2D eigenvalue weighted by Gasteiger charge is -2.36. The Hall–Kier alpha value is -2.38. The van der Waals surface area contributed by atoms with Gasteiger partial charge in [-0.1, -0.05) is 0 Å². The van der Waals surface area contributed by atoms with Gasteiger partial charge in [-0.15, -0.1) is 0 Å². The fourth-order valence-corrected chi connectivity index (χ4v) is 2.18. The molecule has 0 atom stereocenters. The van der Waals surface area contributed by atoms with E-state index in [1.165, 1.54) is 18.3 Å². The van der Waals surface area contributed by atoms with E-state index >= 15 is 0 Å². The molecule has 8 heteroatoms. The summed E-state index contributed by atoms with van der Waals surface area (Å²) < 4.78 is 5.18. The van der Waals surface area contributed by atoms with Crippen LogP contribution in [0.2, 0.25) is 0 Å². The maximum absolute atomic E-state index is 11.6. The number of pyridine rings is 1. The number of nitro groups is 1. The van der Waals surface area contributed by atoms with Crippen LogP contribution in [0.5, 0.6) is 0 Å². The van der Waals surface area contributed by atoms with Gasteiger partial charge in [-0.25, -0.2) is 9.78 Å². The zero-order valence-electron chi connectivity index (χ0n) is 12.8. The van der Waals surface area contributed by atoms with Crippen LogP contribution in [0.1, 0.15) is 33.6 Å². The minimum Gasteiger partial charge on any atom is -0.444 e. The molecule has 1 aromatic rings. The summed E-state index contributed by atoms with van der Waals surface area (Å²) in [5.74, 6) is 0.258. The van der Waals surface area contributed by atoms with E-state index in [2.05, 4.69) is 15.6 Å². The SMILES string of the molecule is CC(C)(C)OC(=O)NC1CC(Nc2ncccc2[N+](=O)[O-])C1. The van der Waals surface area contributed by atoms with Gasteiger partial charge in [0, 0.05) is 24.3 Å². The first-order valence-corrected chi connectivity index (χ1v) is 7.10. The van der Waals surface area contributed by atoms with Crippen molar-refractivity contribution in [3.63, 3.8) is 0 Å². The molecule has 0 unspecified atom stereocenters. The standard InChI is InChI=1S/C14H20N4O4/c1-14(2,3)22-13(19)17-10-7-9(8-10)16-12-11(18(20)21)5-4-6-15-12/h4-6,9-10H,7-8H2,1-3H3,(H,15,16)(H,17,19). The van der Waals surface area contributed by atoms with Crippen LogP contribution in [0, 0.1) is 10.1 Å². The number of carbonyl (C=O) groups is 1. The topological polar surface area (TPSA) is 106 Å². The summed E-state index contributed by atoms with van der Waals surface area (Å²) in [5.41, 5.74) is -0.578. The zero-order chi connectivity index (χ0) is 16.3. The number of nitrogens with zero attached hydrogens (tertiary/aromatic N) is 2. The van der Waals surface area contributed by atoms with Crippen LogP contribution in [-0.4, -0.2) is 33.7 Å². The summed E-state index contributed by atoms with van der Waals surface area (Å²) in [5, 5.41) is 16.7. The molecule has 2 N–H and O–H groups in total. The Kier molecular flexibility index (Phi) is 4.48. The Balaban J connectivity index is 1.81. The zero-order valence-corrected chi connectivity index (χ0v) is 12.8. The maximum Gasteiger partial charge on any atom is 0.407 e. The van der Waals surface area contributed by atoms with Gasteiger partial charge in [0.1, 0.15) is 5.60 Å². The van der Waals surface area contributed by atoms with Crippen molar-refractivity contribution in [2.75, 3.05) is 5.32 Å². The highest BCUT2D eigenvalue weighted by Gasteiger charge is 2.33. The Morgan fingerprint density at radius 3 is 2.68 bits per heavy atom. The van der Waals surface area contributed by atoms with E-state index in [4.69, 9.17) is 4.74 Å². The number of ether oxygens (including phenoxy) is 1. The average molecular weight is 308 g/mol. The number of hydrogen-bond acceptors (Lipinski definition) is 6. The molecule has 120 valence electrons. The number of carbonyl (C=O) groups excluding carboxylic acids is 1. The molecule has 1 heterocycles. The number of aromatic nitrogens is 1. The van der Waals surface area contributed by atoms with Crippen molar-refractivity contribution in [1.29, 1.82) is 0 Å². The quantitative estimate of drug-likeness (QED) is 0.653. The molecule has 8 nitrogen and oxygen atoms in total. The normalized spacial score (nSPS) is 20.7. The molecule has 1 saturated carbocycles. The third-order valence-electron chi connectivity index (χ3n) is 3.18. The first kappa shape index (κ1) is 16.0. The Labute approximate surface area is 128 Å². The van der Waals surface area contributed by atoms with Gasteiger partial charge in [0.25, 0.3) is 0 Å². The van der Waals surface area contributed by atoms with Crippen LogP contribution < -0.4 is 10.6 Å². The molecule has 0 aromatic carbocycles. The number of rotatable bonds is 4. The Bertz CT molecular complexity index is 564. The molecule has 1 amide bonds. The Morgan fingerprint density at radius 2 is 2.09 bits per heavy atom. The second-order valence-electron chi connectivity index (χ2n) is 6.28. The summed E-state index contributed by atoms with van der Waals surface area (Å²) in [6.45, 7) is 5.41. The lowest BCUT2D eigenvalue weighted by Crippen LogP contribution is -2.50.